The van der Waals surface area contributed by atoms with Gasteiger partial charge in [0.2, 0.25) is 0 Å². The molecule has 124 valence electrons. The Morgan fingerprint density at radius 2 is 1.83 bits per heavy atom. The second-order valence-corrected chi connectivity index (χ2v) is 6.71. The lowest BCUT2D eigenvalue weighted by molar-refractivity contribution is 0.0928. The van der Waals surface area contributed by atoms with Gasteiger partial charge in [-0.1, -0.05) is 54.0 Å². The molecular weight excluding hydrogens is 295 g/mol. The lowest BCUT2D eigenvalue weighted by atomic mass is 9.87. The van der Waals surface area contributed by atoms with E-state index < -0.39 is 0 Å². The number of nitrogens with one attached hydrogen (secondary N) is 1. The molecule has 0 aliphatic carbocycles. The quantitative estimate of drug-likeness (QED) is 0.853. The van der Waals surface area contributed by atoms with Gasteiger partial charge >= 0.3 is 0 Å². The number of carbonyl (C=O) groups excluding carboxylic acids is 1. The molecule has 1 atom stereocenters. The minimum atomic E-state index is 0.0239. The number of hydrogen-bond acceptors (Lipinski definition) is 2. The maximum absolute atomic E-state index is 12.9. The number of nitrogens with zero attached hydrogens (tertiary/aromatic N) is 1. The molecule has 2 aromatic rings. The van der Waals surface area contributed by atoms with Crippen molar-refractivity contribution < 1.29 is 4.79 Å². The van der Waals surface area contributed by atoms with Crippen LogP contribution in [0.25, 0.3) is 0 Å². The summed E-state index contributed by atoms with van der Waals surface area (Å²) in [6.45, 7) is 5.13. The molecule has 0 radical (unpaired) electrons. The molecule has 0 aromatic heterocycles. The molecule has 1 aliphatic heterocycles. The third-order valence-corrected chi connectivity index (χ3v) is 4.85. The van der Waals surface area contributed by atoms with Gasteiger partial charge in [-0.3, -0.25) is 4.79 Å². The van der Waals surface area contributed by atoms with Crippen molar-refractivity contribution in [2.75, 3.05) is 19.6 Å². The van der Waals surface area contributed by atoms with E-state index in [1.54, 1.807) is 0 Å². The molecule has 4 heteroatoms. The Labute approximate surface area is 145 Å². The number of rotatable bonds is 5. The molecule has 1 amide bonds. The highest BCUT2D eigenvalue weighted by Crippen LogP contribution is 2.18. The monoisotopic (exact) mass is 320 g/mol. The molecule has 1 fully saturated rings. The average molecular weight is 320 g/mol. The normalized spacial score (nSPS) is 16.0. The predicted octanol–water partition coefficient (Wildman–Crippen LogP) is 1.82. The maximum Gasteiger partial charge on any atom is 0.251 e. The third-order valence-electron chi connectivity index (χ3n) is 4.85. The van der Waals surface area contributed by atoms with Gasteiger partial charge in [-0.2, -0.15) is 0 Å². The molecule has 2 aromatic carbocycles. The van der Waals surface area contributed by atoms with Gasteiger partial charge < -0.3 is 10.2 Å². The molecule has 1 unspecified atom stereocenters. The lowest BCUT2D eigenvalue weighted by Crippen LogP contribution is -2.39. The fourth-order valence-corrected chi connectivity index (χ4v) is 3.55. The highest BCUT2D eigenvalue weighted by molar-refractivity contribution is 6.36. The molecule has 0 bridgehead atoms. The van der Waals surface area contributed by atoms with Gasteiger partial charge in [0.25, 0.3) is 5.91 Å². The Morgan fingerprint density at radius 1 is 1.12 bits per heavy atom. The van der Waals surface area contributed by atoms with Gasteiger partial charge in [-0.05, 0) is 44.0 Å². The van der Waals surface area contributed by atoms with Crippen LogP contribution in [0.5, 0.6) is 0 Å². The Balaban J connectivity index is 1.81. The standard InChI is InChI=1S/C20H25BN2O/c1-15-8-7-11-17(21)19(15)20(24)22-18(14-23-12-5-6-13-23)16-9-3-2-4-10-16/h2-4,7-11,18H,5-6,12-14,21H2,1H3,(H,22,24). The van der Waals surface area contributed by atoms with Crippen LogP contribution < -0.4 is 10.8 Å². The zero-order chi connectivity index (χ0) is 16.9. The summed E-state index contributed by atoms with van der Waals surface area (Å²) in [6.07, 6.45) is 2.51. The van der Waals surface area contributed by atoms with Crippen LogP contribution in [0, 0.1) is 6.92 Å². The first-order valence-corrected chi connectivity index (χ1v) is 8.79. The molecule has 3 rings (SSSR count). The van der Waals surface area contributed by atoms with Crippen LogP contribution in [-0.4, -0.2) is 38.3 Å². The largest absolute Gasteiger partial charge is 0.344 e. The molecule has 24 heavy (non-hydrogen) atoms. The molecule has 0 saturated carbocycles. The molecular formula is C20H25BN2O. The number of carbonyl (C=O) groups is 1. The van der Waals surface area contributed by atoms with E-state index in [1.807, 2.05) is 51.2 Å². The first-order valence-electron chi connectivity index (χ1n) is 8.79. The van der Waals surface area contributed by atoms with Gasteiger partial charge in [-0.25, -0.2) is 0 Å². The second-order valence-electron chi connectivity index (χ2n) is 6.71. The van der Waals surface area contributed by atoms with Crippen molar-refractivity contribution in [2.45, 2.75) is 25.8 Å². The van der Waals surface area contributed by atoms with Crippen molar-refractivity contribution in [2.24, 2.45) is 0 Å². The zero-order valence-electron chi connectivity index (χ0n) is 14.6. The summed E-state index contributed by atoms with van der Waals surface area (Å²) < 4.78 is 0. The van der Waals surface area contributed by atoms with Gasteiger partial charge in [0.05, 0.1) is 6.04 Å². The number of amides is 1. The Morgan fingerprint density at radius 3 is 2.50 bits per heavy atom. The van der Waals surface area contributed by atoms with E-state index in [4.69, 9.17) is 0 Å². The fraction of sp³-hybridized carbons (Fsp3) is 0.350. The number of benzene rings is 2. The van der Waals surface area contributed by atoms with Crippen LogP contribution >= 0.6 is 0 Å². The van der Waals surface area contributed by atoms with Crippen molar-refractivity contribution in [1.29, 1.82) is 0 Å². The Kier molecular flexibility index (Phi) is 5.36. The number of aryl methyl sites for hydroxylation is 1. The van der Waals surface area contributed by atoms with Crippen molar-refractivity contribution in [3.63, 3.8) is 0 Å². The van der Waals surface area contributed by atoms with Crippen molar-refractivity contribution in [1.82, 2.24) is 10.2 Å². The van der Waals surface area contributed by atoms with Crippen LogP contribution in [0.1, 0.15) is 40.4 Å². The zero-order valence-corrected chi connectivity index (χ0v) is 14.6. The minimum absolute atomic E-state index is 0.0239. The van der Waals surface area contributed by atoms with Crippen LogP contribution in [0.3, 0.4) is 0 Å². The van der Waals surface area contributed by atoms with Crippen LogP contribution in [-0.2, 0) is 0 Å². The summed E-state index contributed by atoms with van der Waals surface area (Å²) >= 11 is 0. The first kappa shape index (κ1) is 16.8. The second kappa shape index (κ2) is 7.67. The van der Waals surface area contributed by atoms with Gasteiger partial charge in [-0.15, -0.1) is 0 Å². The SMILES string of the molecule is Bc1cccc(C)c1C(=O)NC(CN1CCCC1)c1ccccc1. The van der Waals surface area contributed by atoms with Crippen LogP contribution in [0.15, 0.2) is 48.5 Å². The number of likely N-dealkylation sites (tertiary alicyclic amines) is 1. The van der Waals surface area contributed by atoms with E-state index in [1.165, 1.54) is 18.4 Å². The van der Waals surface area contributed by atoms with E-state index in [0.29, 0.717) is 0 Å². The van der Waals surface area contributed by atoms with Gasteiger partial charge in [0.15, 0.2) is 0 Å². The smallest absolute Gasteiger partial charge is 0.251 e. The van der Waals surface area contributed by atoms with Crippen LogP contribution in [0.4, 0.5) is 0 Å². The predicted molar refractivity (Wildman–Crippen MR) is 102 cm³/mol. The Bertz CT molecular complexity index is 676. The minimum Gasteiger partial charge on any atom is -0.344 e. The lowest BCUT2D eigenvalue weighted by Gasteiger charge is -2.25. The topological polar surface area (TPSA) is 32.3 Å². The molecule has 1 N–H and O–H groups in total. The molecule has 0 spiro atoms. The fourth-order valence-electron chi connectivity index (χ4n) is 3.55. The highest BCUT2D eigenvalue weighted by atomic mass is 16.1. The molecule has 3 nitrogen and oxygen atoms in total. The summed E-state index contributed by atoms with van der Waals surface area (Å²) in [7, 11) is 2.00. The molecule has 1 aliphatic rings. The summed E-state index contributed by atoms with van der Waals surface area (Å²) in [6, 6.07) is 16.3. The van der Waals surface area contributed by atoms with E-state index >= 15 is 0 Å². The van der Waals surface area contributed by atoms with E-state index in [-0.39, 0.29) is 11.9 Å². The average Bonchev–Trinajstić information content (AvgIpc) is 3.08. The Hall–Kier alpha value is -2.07. The molecule has 1 heterocycles. The van der Waals surface area contributed by atoms with E-state index in [0.717, 1.165) is 36.2 Å². The molecule has 1 saturated heterocycles. The van der Waals surface area contributed by atoms with Crippen molar-refractivity contribution in [3.05, 3.63) is 65.2 Å². The summed E-state index contributed by atoms with van der Waals surface area (Å²) in [4.78, 5) is 15.4. The van der Waals surface area contributed by atoms with Crippen molar-refractivity contribution in [3.8, 4) is 0 Å². The summed E-state index contributed by atoms with van der Waals surface area (Å²) in [5.74, 6) is 0.0265. The summed E-state index contributed by atoms with van der Waals surface area (Å²) in [5.41, 5.74) is 4.03. The van der Waals surface area contributed by atoms with Gasteiger partial charge in [0, 0.05) is 12.1 Å². The third kappa shape index (κ3) is 3.88. The summed E-state index contributed by atoms with van der Waals surface area (Å²) in [5, 5.41) is 3.28. The van der Waals surface area contributed by atoms with Crippen molar-refractivity contribution >= 4 is 19.2 Å². The maximum atomic E-state index is 12.9. The van der Waals surface area contributed by atoms with Crippen LogP contribution in [0.2, 0.25) is 0 Å². The highest BCUT2D eigenvalue weighted by Gasteiger charge is 2.22. The van der Waals surface area contributed by atoms with E-state index in [9.17, 15) is 4.79 Å². The van der Waals surface area contributed by atoms with E-state index in [2.05, 4.69) is 22.3 Å². The van der Waals surface area contributed by atoms with Gasteiger partial charge in [0.1, 0.15) is 7.85 Å². The number of hydrogen-bond donors (Lipinski definition) is 1. The first-order chi connectivity index (χ1) is 11.6.